The van der Waals surface area contributed by atoms with Crippen molar-refractivity contribution < 1.29 is 52.7 Å². The monoisotopic (exact) mass is 546 g/mol. The van der Waals surface area contributed by atoms with E-state index >= 15 is 0 Å². The summed E-state index contributed by atoms with van der Waals surface area (Å²) in [6.07, 6.45) is -4.72. The Balaban J connectivity index is 1.96. The van der Waals surface area contributed by atoms with Gasteiger partial charge in [0.2, 0.25) is 5.91 Å². The van der Waals surface area contributed by atoms with Crippen LogP contribution in [0.4, 0.5) is 0 Å². The molecule has 2 heterocycles. The fourth-order valence-corrected chi connectivity index (χ4v) is 6.41. The van der Waals surface area contributed by atoms with Crippen molar-refractivity contribution in [3.05, 3.63) is 24.3 Å². The van der Waals surface area contributed by atoms with Crippen LogP contribution in [0.2, 0.25) is 0 Å². The van der Waals surface area contributed by atoms with Crippen molar-refractivity contribution in [2.24, 2.45) is 0 Å². The third-order valence-electron chi connectivity index (χ3n) is 6.04. The van der Waals surface area contributed by atoms with Crippen molar-refractivity contribution in [1.29, 1.82) is 0 Å². The molecule has 2 unspecified atom stereocenters. The Labute approximate surface area is 215 Å². The second kappa shape index (κ2) is 13.0. The lowest BCUT2D eigenvalue weighted by molar-refractivity contribution is -0.250. The first-order valence-corrected chi connectivity index (χ1v) is 13.6. The minimum absolute atomic E-state index is 0.127. The van der Waals surface area contributed by atoms with Gasteiger partial charge in [0.1, 0.15) is 41.9 Å². The molecule has 1 aromatic carbocycles. The summed E-state index contributed by atoms with van der Waals surface area (Å²) in [6.45, 7) is 2.66. The Kier molecular flexibility index (Phi) is 10.3. The summed E-state index contributed by atoms with van der Waals surface area (Å²) in [4.78, 5) is 24.4. The maximum Gasteiger partial charge on any atom is 0.462 e. The zero-order valence-corrected chi connectivity index (χ0v) is 21.9. The summed E-state index contributed by atoms with van der Waals surface area (Å²) in [6, 6.07) is 3.86. The molecule has 2 fully saturated rings. The van der Waals surface area contributed by atoms with Gasteiger partial charge in [-0.05, 0) is 43.5 Å². The predicted octanol–water partition coefficient (Wildman–Crippen LogP) is 0.560. The second-order valence-corrected chi connectivity index (χ2v) is 10.6. The van der Waals surface area contributed by atoms with E-state index in [1.54, 1.807) is 12.1 Å². The van der Waals surface area contributed by atoms with Crippen molar-refractivity contribution in [3.63, 3.8) is 0 Å². The van der Waals surface area contributed by atoms with Gasteiger partial charge in [-0.25, -0.2) is 4.57 Å². The lowest BCUT2D eigenvalue weighted by Gasteiger charge is -2.43. The summed E-state index contributed by atoms with van der Waals surface area (Å²) >= 11 is 0. The van der Waals surface area contributed by atoms with Gasteiger partial charge in [0, 0.05) is 13.5 Å². The molecular weight excluding hydrogens is 511 g/mol. The molecule has 0 bridgehead atoms. The molecule has 0 saturated carbocycles. The van der Waals surface area contributed by atoms with Crippen LogP contribution < -0.4 is 14.6 Å². The Bertz CT molecular complexity index is 963. The van der Waals surface area contributed by atoms with E-state index in [-0.39, 0.29) is 18.9 Å². The van der Waals surface area contributed by atoms with E-state index in [1.807, 2.05) is 6.92 Å². The number of methoxy groups -OCH3 is 1. The van der Waals surface area contributed by atoms with Gasteiger partial charge in [-0.3, -0.25) is 14.1 Å². The maximum atomic E-state index is 14.5. The number of nitrogens with zero attached hydrogens (tertiary/aromatic N) is 1. The number of nitrogens with one attached hydrogen (secondary N) is 1. The molecule has 2 aliphatic heterocycles. The molecule has 3 rings (SSSR count). The number of esters is 1. The van der Waals surface area contributed by atoms with Gasteiger partial charge in [0.25, 0.3) is 0 Å². The summed E-state index contributed by atoms with van der Waals surface area (Å²) < 4.78 is 43.3. The molecule has 2 aliphatic rings. The van der Waals surface area contributed by atoms with E-state index in [0.29, 0.717) is 25.0 Å². The van der Waals surface area contributed by atoms with Crippen molar-refractivity contribution in [1.82, 2.24) is 9.99 Å². The standard InChI is InChI=1S/C23H35N2O11P/c1-4-12-33-22(29)17-6-5-11-25(17)37(31,35-16-9-7-15(32-3)8-10-16)36-21-18(13-26)34-23(30)19(20(21)28)24-14(2)27/h7-10,17-21,23,26,28,30H,4-6,11-13H2,1-3H3,(H,24,27)/t17?,18-,19-,20-,21-,23+,37?/m1/s1. The molecule has 37 heavy (non-hydrogen) atoms. The molecule has 14 heteroatoms. The number of hydrogen-bond donors (Lipinski definition) is 4. The number of rotatable bonds is 11. The molecule has 0 aliphatic carbocycles. The smallest absolute Gasteiger partial charge is 0.462 e. The topological polar surface area (TPSA) is 173 Å². The number of hydrogen-bond acceptors (Lipinski definition) is 11. The summed E-state index contributed by atoms with van der Waals surface area (Å²) in [5, 5.41) is 33.5. The highest BCUT2D eigenvalue weighted by Gasteiger charge is 2.53. The van der Waals surface area contributed by atoms with E-state index in [0.717, 1.165) is 0 Å². The van der Waals surface area contributed by atoms with Crippen LogP contribution in [0, 0.1) is 0 Å². The van der Waals surface area contributed by atoms with Gasteiger partial charge in [0.15, 0.2) is 6.29 Å². The van der Waals surface area contributed by atoms with E-state index < -0.39 is 62.9 Å². The minimum Gasteiger partial charge on any atom is -0.497 e. The van der Waals surface area contributed by atoms with Crippen molar-refractivity contribution in [2.45, 2.75) is 69.8 Å². The summed E-state index contributed by atoms with van der Waals surface area (Å²) in [5.41, 5.74) is 0. The van der Waals surface area contributed by atoms with Gasteiger partial charge < -0.3 is 39.4 Å². The first-order valence-electron chi connectivity index (χ1n) is 12.1. The largest absolute Gasteiger partial charge is 0.497 e. The van der Waals surface area contributed by atoms with Crippen LogP contribution in [0.25, 0.3) is 0 Å². The van der Waals surface area contributed by atoms with Crippen molar-refractivity contribution >= 4 is 19.6 Å². The van der Waals surface area contributed by atoms with Crippen LogP contribution in [-0.4, -0.2) is 95.4 Å². The Morgan fingerprint density at radius 3 is 2.49 bits per heavy atom. The van der Waals surface area contributed by atoms with E-state index in [9.17, 15) is 29.5 Å². The lowest BCUT2D eigenvalue weighted by Crippen LogP contribution is -2.64. The lowest BCUT2D eigenvalue weighted by atomic mass is 9.97. The highest BCUT2D eigenvalue weighted by molar-refractivity contribution is 7.51. The van der Waals surface area contributed by atoms with Crippen LogP contribution in [0.15, 0.2) is 24.3 Å². The van der Waals surface area contributed by atoms with Crippen LogP contribution in [0.5, 0.6) is 11.5 Å². The first kappa shape index (κ1) is 29.3. The number of carbonyl (C=O) groups is 2. The van der Waals surface area contributed by atoms with Crippen LogP contribution in [-0.2, 0) is 28.2 Å². The van der Waals surface area contributed by atoms with Gasteiger partial charge >= 0.3 is 13.7 Å². The first-order chi connectivity index (χ1) is 17.6. The third kappa shape index (κ3) is 6.99. The Morgan fingerprint density at radius 2 is 1.89 bits per heavy atom. The highest BCUT2D eigenvalue weighted by atomic mass is 31.2. The molecule has 0 spiro atoms. The maximum absolute atomic E-state index is 14.5. The summed E-state index contributed by atoms with van der Waals surface area (Å²) in [7, 11) is -2.96. The van der Waals surface area contributed by atoms with Crippen molar-refractivity contribution in [2.75, 3.05) is 26.9 Å². The average Bonchev–Trinajstić information content (AvgIpc) is 3.38. The third-order valence-corrected chi connectivity index (χ3v) is 8.10. The minimum atomic E-state index is -4.45. The fraction of sp³-hybridized carbons (Fsp3) is 0.652. The molecule has 4 N–H and O–H groups in total. The second-order valence-electron chi connectivity index (χ2n) is 8.76. The number of aliphatic hydroxyl groups excluding tert-OH is 3. The molecule has 7 atom stereocenters. The molecule has 0 aromatic heterocycles. The Morgan fingerprint density at radius 1 is 1.22 bits per heavy atom. The summed E-state index contributed by atoms with van der Waals surface area (Å²) in [5.74, 6) is -0.508. The number of ether oxygens (including phenoxy) is 3. The fourth-order valence-electron chi connectivity index (χ4n) is 4.24. The number of amides is 1. The van der Waals surface area contributed by atoms with Crippen LogP contribution in [0.3, 0.4) is 0 Å². The molecule has 0 radical (unpaired) electrons. The van der Waals surface area contributed by atoms with Gasteiger partial charge in [-0.1, -0.05) is 6.92 Å². The zero-order chi connectivity index (χ0) is 27.2. The predicted molar refractivity (Wildman–Crippen MR) is 129 cm³/mol. The van der Waals surface area contributed by atoms with E-state index in [4.69, 9.17) is 23.3 Å². The van der Waals surface area contributed by atoms with Crippen LogP contribution >= 0.6 is 7.75 Å². The quantitative estimate of drug-likeness (QED) is 0.225. The molecule has 13 nitrogen and oxygen atoms in total. The number of benzene rings is 1. The number of aliphatic hydroxyl groups is 3. The Hall–Kier alpha value is -2.25. The van der Waals surface area contributed by atoms with Crippen LogP contribution in [0.1, 0.15) is 33.1 Å². The molecular formula is C23H35N2O11P. The SMILES string of the molecule is CCCOC(=O)C1CCCN1P(=O)(Oc1ccc(OC)cc1)O[C@H]1[C@H](O)[C@@H](NC(C)=O)[C@@H](O)O[C@@H]1CO. The van der Waals surface area contributed by atoms with Gasteiger partial charge in [0.05, 0.1) is 20.3 Å². The van der Waals surface area contributed by atoms with Crippen molar-refractivity contribution in [3.8, 4) is 11.5 Å². The molecule has 1 amide bonds. The normalized spacial score (nSPS) is 29.8. The molecule has 2 saturated heterocycles. The van der Waals surface area contributed by atoms with E-state index in [1.165, 1.54) is 30.8 Å². The number of carbonyl (C=O) groups excluding carboxylic acids is 2. The van der Waals surface area contributed by atoms with E-state index in [2.05, 4.69) is 5.32 Å². The zero-order valence-electron chi connectivity index (χ0n) is 21.0. The van der Waals surface area contributed by atoms with Gasteiger partial charge in [-0.2, -0.15) is 4.67 Å². The molecule has 1 aromatic rings. The molecule has 208 valence electrons. The average molecular weight is 547 g/mol. The highest BCUT2D eigenvalue weighted by Crippen LogP contribution is 2.57. The van der Waals surface area contributed by atoms with Gasteiger partial charge in [-0.15, -0.1) is 0 Å².